The largest absolute Gasteiger partial charge is 0.342 e. The summed E-state index contributed by atoms with van der Waals surface area (Å²) in [7, 11) is -3.06. The van der Waals surface area contributed by atoms with Crippen molar-refractivity contribution >= 4 is 44.3 Å². The molecular formula is C17H21ClN2O3S2. The molecule has 25 heavy (non-hydrogen) atoms. The Morgan fingerprint density at radius 3 is 2.64 bits per heavy atom. The lowest BCUT2D eigenvalue weighted by Crippen LogP contribution is -2.37. The maximum atomic E-state index is 12.4. The van der Waals surface area contributed by atoms with Gasteiger partial charge < -0.3 is 4.90 Å². The summed E-state index contributed by atoms with van der Waals surface area (Å²) in [6.45, 7) is 5.91. The number of carbonyl (C=O) groups is 1. The number of carbonyl (C=O) groups excluding carboxylic acids is 1. The first-order chi connectivity index (χ1) is 11.6. The third-order valence-corrected chi connectivity index (χ3v) is 7.93. The fourth-order valence-corrected chi connectivity index (χ4v) is 7.03. The molecule has 0 aliphatic carbocycles. The van der Waals surface area contributed by atoms with Gasteiger partial charge in [-0.05, 0) is 11.6 Å². The van der Waals surface area contributed by atoms with Gasteiger partial charge in [0.2, 0.25) is 0 Å². The highest BCUT2D eigenvalue weighted by Gasteiger charge is 2.49. The van der Waals surface area contributed by atoms with Crippen LogP contribution in [0.25, 0.3) is 0 Å². The molecule has 2 aliphatic heterocycles. The molecule has 2 aliphatic rings. The molecule has 0 saturated carbocycles. The van der Waals surface area contributed by atoms with Crippen molar-refractivity contribution in [2.75, 3.05) is 11.5 Å². The number of amidine groups is 1. The number of amides is 1. The molecule has 0 bridgehead atoms. The Labute approximate surface area is 157 Å². The zero-order chi connectivity index (χ0) is 18.4. The van der Waals surface area contributed by atoms with Gasteiger partial charge in [-0.1, -0.05) is 62.3 Å². The van der Waals surface area contributed by atoms with Crippen molar-refractivity contribution < 1.29 is 13.2 Å². The summed E-state index contributed by atoms with van der Waals surface area (Å²) in [6, 6.07) is 7.29. The van der Waals surface area contributed by atoms with Crippen molar-refractivity contribution in [2.45, 2.75) is 38.6 Å². The van der Waals surface area contributed by atoms with Crippen LogP contribution in [0.5, 0.6) is 0 Å². The Kier molecular flexibility index (Phi) is 4.94. The van der Waals surface area contributed by atoms with E-state index in [1.54, 1.807) is 6.07 Å². The molecule has 1 amide bonds. The Bertz CT molecular complexity index is 831. The van der Waals surface area contributed by atoms with Crippen molar-refractivity contribution in [3.8, 4) is 0 Å². The van der Waals surface area contributed by atoms with Gasteiger partial charge in [0, 0.05) is 22.2 Å². The minimum atomic E-state index is -3.06. The maximum absolute atomic E-state index is 12.4. The molecule has 2 fully saturated rings. The van der Waals surface area contributed by atoms with Crippen LogP contribution in [0.15, 0.2) is 29.3 Å². The Balaban J connectivity index is 1.94. The van der Waals surface area contributed by atoms with Crippen LogP contribution < -0.4 is 0 Å². The molecule has 3 rings (SSSR count). The van der Waals surface area contributed by atoms with Gasteiger partial charge in [0.1, 0.15) is 0 Å². The molecule has 2 saturated heterocycles. The van der Waals surface area contributed by atoms with E-state index < -0.39 is 15.3 Å². The Morgan fingerprint density at radius 2 is 2.00 bits per heavy atom. The number of thioether (sulfide) groups is 1. The van der Waals surface area contributed by atoms with Gasteiger partial charge in [-0.15, -0.1) is 0 Å². The van der Waals surface area contributed by atoms with Gasteiger partial charge in [0.15, 0.2) is 15.0 Å². The van der Waals surface area contributed by atoms with E-state index in [4.69, 9.17) is 11.6 Å². The smallest absolute Gasteiger partial charge is 0.253 e. The molecule has 0 N–H and O–H groups in total. The van der Waals surface area contributed by atoms with E-state index in [1.165, 1.54) is 11.8 Å². The number of hydrogen-bond acceptors (Lipinski definition) is 4. The van der Waals surface area contributed by atoms with Crippen LogP contribution in [0.1, 0.15) is 26.3 Å². The van der Waals surface area contributed by atoms with E-state index in [9.17, 15) is 13.2 Å². The summed E-state index contributed by atoms with van der Waals surface area (Å²) >= 11 is 7.66. The lowest BCUT2D eigenvalue weighted by molar-refractivity contribution is -0.124. The van der Waals surface area contributed by atoms with Gasteiger partial charge in [0.25, 0.3) is 5.91 Å². The van der Waals surface area contributed by atoms with E-state index in [2.05, 4.69) is 4.99 Å². The first-order valence-corrected chi connectivity index (χ1v) is 11.1. The van der Waals surface area contributed by atoms with E-state index in [1.807, 2.05) is 43.9 Å². The van der Waals surface area contributed by atoms with Gasteiger partial charge in [0.05, 0.1) is 17.5 Å². The average Bonchev–Trinajstić information content (AvgIpc) is 2.93. The van der Waals surface area contributed by atoms with Gasteiger partial charge in [-0.25, -0.2) is 8.42 Å². The standard InChI is InChI=1S/C17H21ClN2O3S2/c1-17(2,3)15(21)19-16-20(8-11-6-4-5-7-12(11)18)13-9-25(22,23)10-14(13)24-16/h4-7,13-14H,8-10H2,1-3H3/t13-,14+/m0/s1. The first kappa shape index (κ1) is 18.7. The van der Waals surface area contributed by atoms with Crippen molar-refractivity contribution in [1.82, 2.24) is 4.90 Å². The molecule has 5 nitrogen and oxygen atoms in total. The van der Waals surface area contributed by atoms with Crippen LogP contribution in [0.2, 0.25) is 5.02 Å². The van der Waals surface area contributed by atoms with Crippen LogP contribution >= 0.6 is 23.4 Å². The number of halogens is 1. The average molecular weight is 401 g/mol. The quantitative estimate of drug-likeness (QED) is 0.763. The molecule has 2 heterocycles. The summed E-state index contributed by atoms with van der Waals surface area (Å²) in [6.07, 6.45) is 0. The number of rotatable bonds is 2. The predicted molar refractivity (Wildman–Crippen MR) is 103 cm³/mol. The Morgan fingerprint density at radius 1 is 1.32 bits per heavy atom. The second-order valence-electron chi connectivity index (χ2n) is 7.47. The molecule has 136 valence electrons. The van der Waals surface area contributed by atoms with Gasteiger partial charge >= 0.3 is 0 Å². The molecular weight excluding hydrogens is 380 g/mol. The highest BCUT2D eigenvalue weighted by Crippen LogP contribution is 2.39. The highest BCUT2D eigenvalue weighted by molar-refractivity contribution is 8.15. The van der Waals surface area contributed by atoms with Crippen molar-refractivity contribution in [3.63, 3.8) is 0 Å². The summed E-state index contributed by atoms with van der Waals surface area (Å²) in [5.41, 5.74) is 0.318. The number of hydrogen-bond donors (Lipinski definition) is 0. The third-order valence-electron chi connectivity index (χ3n) is 4.31. The van der Waals surface area contributed by atoms with E-state index >= 15 is 0 Å². The number of sulfone groups is 1. The second-order valence-corrected chi connectivity index (χ2v) is 11.2. The zero-order valence-electron chi connectivity index (χ0n) is 14.4. The Hall–Kier alpha value is -1.05. The molecule has 8 heteroatoms. The number of aliphatic imine (C=N–C) groups is 1. The summed E-state index contributed by atoms with van der Waals surface area (Å²) in [5, 5.41) is 1.14. The van der Waals surface area contributed by atoms with Gasteiger partial charge in [-0.2, -0.15) is 4.99 Å². The normalized spacial score (nSPS) is 26.9. The summed E-state index contributed by atoms with van der Waals surface area (Å²) in [5.74, 6) is 0.0176. The third kappa shape index (κ3) is 4.04. The lowest BCUT2D eigenvalue weighted by Gasteiger charge is -2.25. The van der Waals surface area contributed by atoms with Gasteiger partial charge in [-0.3, -0.25) is 4.79 Å². The lowest BCUT2D eigenvalue weighted by atomic mass is 9.96. The van der Waals surface area contributed by atoms with Crippen LogP contribution in [0.4, 0.5) is 0 Å². The minimum absolute atomic E-state index is 0.0843. The number of benzene rings is 1. The number of nitrogens with zero attached hydrogens (tertiary/aromatic N) is 2. The summed E-state index contributed by atoms with van der Waals surface area (Å²) in [4.78, 5) is 18.6. The van der Waals surface area contributed by atoms with Crippen LogP contribution in [0.3, 0.4) is 0 Å². The molecule has 0 unspecified atom stereocenters. The predicted octanol–water partition coefficient (Wildman–Crippen LogP) is 2.98. The second kappa shape index (κ2) is 6.59. The topological polar surface area (TPSA) is 66.8 Å². The first-order valence-electron chi connectivity index (χ1n) is 8.07. The van der Waals surface area contributed by atoms with E-state index in [0.29, 0.717) is 16.7 Å². The number of fused-ring (bicyclic) bond motifs is 1. The summed E-state index contributed by atoms with van der Waals surface area (Å²) < 4.78 is 24.0. The highest BCUT2D eigenvalue weighted by atomic mass is 35.5. The molecule has 0 spiro atoms. The van der Waals surface area contributed by atoms with E-state index in [0.717, 1.165) is 5.56 Å². The molecule has 2 atom stereocenters. The van der Waals surface area contributed by atoms with Crippen LogP contribution in [-0.4, -0.2) is 47.2 Å². The van der Waals surface area contributed by atoms with Crippen LogP contribution in [-0.2, 0) is 21.2 Å². The molecule has 1 aromatic carbocycles. The van der Waals surface area contributed by atoms with Crippen molar-refractivity contribution in [3.05, 3.63) is 34.9 Å². The molecule has 0 aromatic heterocycles. The molecule has 1 aromatic rings. The van der Waals surface area contributed by atoms with E-state index in [-0.39, 0.29) is 28.7 Å². The monoisotopic (exact) mass is 400 g/mol. The molecule has 0 radical (unpaired) electrons. The zero-order valence-corrected chi connectivity index (χ0v) is 16.8. The van der Waals surface area contributed by atoms with Crippen molar-refractivity contribution in [1.29, 1.82) is 0 Å². The van der Waals surface area contributed by atoms with Crippen LogP contribution in [0, 0.1) is 5.41 Å². The minimum Gasteiger partial charge on any atom is -0.342 e. The fourth-order valence-electron chi connectivity index (χ4n) is 2.89. The van der Waals surface area contributed by atoms with Crippen molar-refractivity contribution in [2.24, 2.45) is 10.4 Å². The maximum Gasteiger partial charge on any atom is 0.253 e. The SMILES string of the molecule is CC(C)(C)C(=O)N=C1S[C@@H]2CS(=O)(=O)C[C@@H]2N1Cc1ccccc1Cl. The fraction of sp³-hybridized carbons (Fsp3) is 0.529.